The molecular weight excluding hydrogens is 549 g/mol. The van der Waals surface area contributed by atoms with E-state index in [9.17, 15) is 18.0 Å². The summed E-state index contributed by atoms with van der Waals surface area (Å²) in [6.45, 7) is 3.77. The predicted octanol–water partition coefficient (Wildman–Crippen LogP) is 7.60. The Balaban J connectivity index is 1.47. The number of fused-ring (bicyclic) bond motifs is 1. The first-order valence-electron chi connectivity index (χ1n) is 14.3. The van der Waals surface area contributed by atoms with Gasteiger partial charge in [0.15, 0.2) is 0 Å². The van der Waals surface area contributed by atoms with E-state index in [1.807, 2.05) is 26.0 Å². The van der Waals surface area contributed by atoms with Gasteiger partial charge in [0.25, 0.3) is 0 Å². The number of nitrogens with zero attached hydrogens (tertiary/aromatic N) is 4. The van der Waals surface area contributed by atoms with E-state index in [1.54, 1.807) is 18.1 Å². The minimum atomic E-state index is -4.84. The van der Waals surface area contributed by atoms with Crippen molar-refractivity contribution >= 4 is 22.6 Å². The molecule has 1 saturated heterocycles. The quantitative estimate of drug-likeness (QED) is 0.233. The molecule has 0 N–H and O–H groups in total. The van der Waals surface area contributed by atoms with E-state index in [0.29, 0.717) is 24.9 Å². The number of aromatic nitrogens is 3. The molecule has 1 aliphatic carbocycles. The zero-order chi connectivity index (χ0) is 29.6. The zero-order valence-electron chi connectivity index (χ0n) is 23.8. The van der Waals surface area contributed by atoms with Crippen LogP contribution in [0.25, 0.3) is 22.2 Å². The van der Waals surface area contributed by atoms with Crippen LogP contribution in [0.3, 0.4) is 0 Å². The van der Waals surface area contributed by atoms with Crippen LogP contribution in [0.1, 0.15) is 74.3 Å². The average Bonchev–Trinajstić information content (AvgIpc) is 3.50. The summed E-state index contributed by atoms with van der Waals surface area (Å²) < 4.78 is 56.5. The number of anilines is 1. The van der Waals surface area contributed by atoms with Crippen molar-refractivity contribution in [3.8, 4) is 16.9 Å². The van der Waals surface area contributed by atoms with Crippen LogP contribution in [-0.4, -0.2) is 40.2 Å². The van der Waals surface area contributed by atoms with Crippen LogP contribution >= 0.6 is 0 Å². The van der Waals surface area contributed by atoms with Crippen LogP contribution in [-0.2, 0) is 9.53 Å². The van der Waals surface area contributed by atoms with Gasteiger partial charge in [0.1, 0.15) is 17.3 Å². The summed E-state index contributed by atoms with van der Waals surface area (Å²) in [5, 5.41) is 4.10. The molecule has 1 aliphatic heterocycles. The maximum atomic E-state index is 13.4. The number of amides is 1. The van der Waals surface area contributed by atoms with Crippen LogP contribution in [0.5, 0.6) is 5.75 Å². The first-order chi connectivity index (χ1) is 20.1. The lowest BCUT2D eigenvalue weighted by molar-refractivity contribution is -0.274. The second-order valence-electron chi connectivity index (χ2n) is 11.1. The van der Waals surface area contributed by atoms with Gasteiger partial charge >= 0.3 is 6.36 Å². The third kappa shape index (κ3) is 5.37. The molecule has 1 saturated carbocycles. The van der Waals surface area contributed by atoms with Crippen molar-refractivity contribution in [1.82, 2.24) is 14.7 Å². The van der Waals surface area contributed by atoms with Crippen molar-refractivity contribution in [2.24, 2.45) is 0 Å². The number of carbonyl (C=O) groups is 1. The van der Waals surface area contributed by atoms with Crippen molar-refractivity contribution in [2.75, 3.05) is 12.0 Å². The summed E-state index contributed by atoms with van der Waals surface area (Å²) in [5.41, 5.74) is 4.73. The highest BCUT2D eigenvalue weighted by atomic mass is 19.4. The van der Waals surface area contributed by atoms with Gasteiger partial charge < -0.3 is 23.5 Å². The van der Waals surface area contributed by atoms with Crippen LogP contribution < -0.4 is 9.64 Å². The van der Waals surface area contributed by atoms with E-state index in [1.165, 1.54) is 18.2 Å². The van der Waals surface area contributed by atoms with Gasteiger partial charge in [-0.3, -0.25) is 4.79 Å². The number of hydrogen-bond acceptors (Lipinski definition) is 6. The van der Waals surface area contributed by atoms with Crippen molar-refractivity contribution in [3.63, 3.8) is 0 Å². The molecule has 2 fully saturated rings. The largest absolute Gasteiger partial charge is 0.573 e. The fraction of sp³-hybridized carbons (Fsp3) is 0.452. The normalized spacial score (nSPS) is 21.7. The van der Waals surface area contributed by atoms with Gasteiger partial charge in [-0.15, -0.1) is 13.2 Å². The monoisotopic (exact) mass is 582 g/mol. The molecule has 4 aromatic rings. The van der Waals surface area contributed by atoms with Gasteiger partial charge in [0, 0.05) is 36.9 Å². The van der Waals surface area contributed by atoms with Crippen LogP contribution in [0, 0.1) is 13.8 Å². The number of piperidine rings is 1. The Kier molecular flexibility index (Phi) is 7.46. The SMILES string of the molecule is COC1CCC(n2c(C3CCCC(=O)N3c3cccc(OC(F)(F)F)c3)nc3cc(-c4c(C)noc4C)ccc32)CC1. The van der Waals surface area contributed by atoms with Crippen LogP contribution in [0.15, 0.2) is 47.0 Å². The molecule has 11 heteroatoms. The highest BCUT2D eigenvalue weighted by Crippen LogP contribution is 2.42. The van der Waals surface area contributed by atoms with E-state index < -0.39 is 12.4 Å². The molecule has 42 heavy (non-hydrogen) atoms. The Labute approximate surface area is 241 Å². The van der Waals surface area contributed by atoms with Gasteiger partial charge in [-0.05, 0) is 82.2 Å². The molecule has 2 aliphatic rings. The topological polar surface area (TPSA) is 82.6 Å². The molecule has 8 nitrogen and oxygen atoms in total. The summed E-state index contributed by atoms with van der Waals surface area (Å²) in [7, 11) is 1.74. The second-order valence-corrected chi connectivity index (χ2v) is 11.1. The Morgan fingerprint density at radius 2 is 1.81 bits per heavy atom. The van der Waals surface area contributed by atoms with Crippen molar-refractivity contribution in [3.05, 3.63) is 59.7 Å². The maximum Gasteiger partial charge on any atom is 0.573 e. The number of halogens is 3. The van der Waals surface area contributed by atoms with Gasteiger partial charge in [-0.1, -0.05) is 17.3 Å². The lowest BCUT2D eigenvalue weighted by atomic mass is 9.91. The maximum absolute atomic E-state index is 13.4. The van der Waals surface area contributed by atoms with E-state index >= 15 is 0 Å². The smallest absolute Gasteiger partial charge is 0.406 e. The molecular formula is C31H33F3N4O4. The van der Waals surface area contributed by atoms with Gasteiger partial charge in [0.2, 0.25) is 5.91 Å². The van der Waals surface area contributed by atoms with Crippen molar-refractivity contribution in [2.45, 2.75) is 83.3 Å². The first-order valence-corrected chi connectivity index (χ1v) is 14.3. The number of carbonyl (C=O) groups excluding carboxylic acids is 1. The number of alkyl halides is 3. The minimum absolute atomic E-state index is 0.139. The lowest BCUT2D eigenvalue weighted by Gasteiger charge is -2.37. The molecule has 2 aromatic carbocycles. The number of imidazole rings is 1. The number of benzene rings is 2. The molecule has 0 radical (unpaired) electrons. The molecule has 1 unspecified atom stereocenters. The fourth-order valence-corrected chi connectivity index (χ4v) is 6.59. The average molecular weight is 583 g/mol. The molecule has 0 spiro atoms. The lowest BCUT2D eigenvalue weighted by Crippen LogP contribution is -2.40. The summed E-state index contributed by atoms with van der Waals surface area (Å²) >= 11 is 0. The Morgan fingerprint density at radius 3 is 2.50 bits per heavy atom. The third-order valence-electron chi connectivity index (χ3n) is 8.46. The van der Waals surface area contributed by atoms with Crippen LogP contribution in [0.4, 0.5) is 18.9 Å². The van der Waals surface area contributed by atoms with Crippen molar-refractivity contribution in [1.29, 1.82) is 0 Å². The molecule has 3 heterocycles. The number of hydrogen-bond donors (Lipinski definition) is 0. The first kappa shape index (κ1) is 28.3. The fourth-order valence-electron chi connectivity index (χ4n) is 6.59. The summed E-state index contributed by atoms with van der Waals surface area (Å²) in [6, 6.07) is 11.4. The summed E-state index contributed by atoms with van der Waals surface area (Å²) in [5.74, 6) is 0.924. The second kappa shape index (κ2) is 11.1. The predicted molar refractivity (Wildman–Crippen MR) is 150 cm³/mol. The Bertz CT molecular complexity index is 1580. The standard InChI is InChI=1S/C31H33F3N4O4/c1-18-29(19(2)42-36-18)20-10-15-26-25(16-20)35-30(38(26)21-11-13-23(40-3)14-12-21)27-8-5-9-28(39)37(27)22-6-4-7-24(17-22)41-31(32,33)34/h4,6-7,10,15-17,21,23,27H,5,8-9,11-14H2,1-3H3. The highest BCUT2D eigenvalue weighted by Gasteiger charge is 2.37. The van der Waals surface area contributed by atoms with E-state index in [4.69, 9.17) is 14.2 Å². The number of ether oxygens (including phenoxy) is 2. The molecule has 222 valence electrons. The van der Waals surface area contributed by atoms with Crippen molar-refractivity contribution < 1.29 is 32.0 Å². The molecule has 1 amide bonds. The Hall–Kier alpha value is -3.86. The van der Waals surface area contributed by atoms with E-state index in [-0.39, 0.29) is 23.8 Å². The Morgan fingerprint density at radius 1 is 1.02 bits per heavy atom. The molecule has 6 rings (SSSR count). The van der Waals surface area contributed by atoms with Gasteiger partial charge in [-0.2, -0.15) is 0 Å². The number of methoxy groups -OCH3 is 1. The highest BCUT2D eigenvalue weighted by molar-refractivity contribution is 5.95. The molecule has 0 bridgehead atoms. The van der Waals surface area contributed by atoms with E-state index in [2.05, 4.69) is 20.5 Å². The summed E-state index contributed by atoms with van der Waals surface area (Å²) in [4.78, 5) is 20.2. The summed E-state index contributed by atoms with van der Waals surface area (Å²) in [6.07, 6.45) is 0.537. The van der Waals surface area contributed by atoms with Crippen LogP contribution in [0.2, 0.25) is 0 Å². The number of rotatable bonds is 6. The van der Waals surface area contributed by atoms with E-state index in [0.717, 1.165) is 65.1 Å². The number of aryl methyl sites for hydroxylation is 2. The zero-order valence-corrected chi connectivity index (χ0v) is 23.8. The molecule has 1 atom stereocenters. The van der Waals surface area contributed by atoms with Gasteiger partial charge in [0.05, 0.1) is 28.9 Å². The molecule has 2 aromatic heterocycles. The van der Waals surface area contributed by atoms with Gasteiger partial charge in [-0.25, -0.2) is 4.98 Å². The third-order valence-corrected chi connectivity index (χ3v) is 8.46. The minimum Gasteiger partial charge on any atom is -0.406 e.